The van der Waals surface area contributed by atoms with Gasteiger partial charge in [-0.25, -0.2) is 9.97 Å². The van der Waals surface area contributed by atoms with E-state index in [1.807, 2.05) is 66.7 Å². The third-order valence-electron chi connectivity index (χ3n) is 5.85. The molecule has 5 rings (SSSR count). The zero-order valence-electron chi connectivity index (χ0n) is 19.6. The molecule has 0 saturated carbocycles. The van der Waals surface area contributed by atoms with Gasteiger partial charge in [-0.3, -0.25) is 0 Å². The van der Waals surface area contributed by atoms with E-state index in [-0.39, 0.29) is 12.4 Å². The molecule has 0 unspecified atom stereocenters. The monoisotopic (exact) mass is 498 g/mol. The Hall–Kier alpha value is -4.13. The van der Waals surface area contributed by atoms with Crippen LogP contribution in [0.1, 0.15) is 11.1 Å². The molecule has 2 aromatic heterocycles. The van der Waals surface area contributed by atoms with Crippen molar-refractivity contribution in [3.63, 3.8) is 0 Å². The highest BCUT2D eigenvalue weighted by molar-refractivity contribution is 5.85. The second kappa shape index (κ2) is 11.5. The smallest absolute Gasteiger partial charge is 0.232 e. The van der Waals surface area contributed by atoms with Crippen molar-refractivity contribution >= 4 is 18.1 Å². The topological polar surface area (TPSA) is 100 Å². The van der Waals surface area contributed by atoms with Crippen LogP contribution >= 0.6 is 12.4 Å². The van der Waals surface area contributed by atoms with E-state index in [1.165, 1.54) is 0 Å². The van der Waals surface area contributed by atoms with E-state index in [1.54, 1.807) is 18.7 Å². The summed E-state index contributed by atoms with van der Waals surface area (Å²) in [5.74, 6) is 0.483. The maximum absolute atomic E-state index is 5.98. The van der Waals surface area contributed by atoms with Crippen LogP contribution in [0.2, 0.25) is 0 Å². The predicted molar refractivity (Wildman–Crippen MR) is 146 cm³/mol. The number of hydrogen-bond acceptors (Lipinski definition) is 6. The van der Waals surface area contributed by atoms with Gasteiger partial charge in [0.1, 0.15) is 5.69 Å². The molecular weight excluding hydrogens is 472 g/mol. The van der Waals surface area contributed by atoms with Gasteiger partial charge in [-0.15, -0.1) is 12.4 Å². The van der Waals surface area contributed by atoms with Crippen molar-refractivity contribution in [2.24, 2.45) is 5.73 Å². The van der Waals surface area contributed by atoms with Gasteiger partial charge in [0, 0.05) is 35.3 Å². The van der Waals surface area contributed by atoms with Crippen molar-refractivity contribution in [3.8, 4) is 39.5 Å². The van der Waals surface area contributed by atoms with Crippen molar-refractivity contribution < 1.29 is 9.15 Å². The van der Waals surface area contributed by atoms with E-state index in [9.17, 15) is 0 Å². The molecule has 0 aliphatic carbocycles. The Morgan fingerprint density at radius 3 is 2.03 bits per heavy atom. The van der Waals surface area contributed by atoms with Gasteiger partial charge in [0.15, 0.2) is 0 Å². The summed E-state index contributed by atoms with van der Waals surface area (Å²) in [6.07, 6.45) is 5.83. The van der Waals surface area contributed by atoms with Crippen LogP contribution in [0.5, 0.6) is 5.88 Å². The number of furan rings is 1. The highest BCUT2D eigenvalue weighted by Gasteiger charge is 2.14. The van der Waals surface area contributed by atoms with Gasteiger partial charge in [0.2, 0.25) is 5.88 Å². The standard InChI is InChI=1S/C29H26N4O2.ClH/c30-17-21-1-5-23(6-2-21)28-29(24-9-7-22(8-10-24)25-14-15-34-19-25)33-27(18-32-28)35-16-13-20-3-11-26(31)12-4-20;/h1-12,14-15,18-19H,13,16-17,30-31H2;1H. The molecular formula is C29H27ClN4O2. The summed E-state index contributed by atoms with van der Waals surface area (Å²) in [5, 5.41) is 0. The van der Waals surface area contributed by atoms with E-state index in [4.69, 9.17) is 30.6 Å². The lowest BCUT2D eigenvalue weighted by atomic mass is 10.0. The zero-order chi connectivity index (χ0) is 24.0. The molecule has 182 valence electrons. The Bertz CT molecular complexity index is 1390. The van der Waals surface area contributed by atoms with Gasteiger partial charge in [0.25, 0.3) is 0 Å². The molecule has 0 fully saturated rings. The second-order valence-electron chi connectivity index (χ2n) is 8.24. The van der Waals surface area contributed by atoms with E-state index in [2.05, 4.69) is 12.1 Å². The number of ether oxygens (including phenoxy) is 1. The maximum Gasteiger partial charge on any atom is 0.232 e. The summed E-state index contributed by atoms with van der Waals surface area (Å²) in [6.45, 7) is 0.983. The molecule has 0 amide bonds. The Kier molecular flexibility index (Phi) is 8.00. The maximum atomic E-state index is 5.98. The first-order valence-corrected chi connectivity index (χ1v) is 11.5. The van der Waals surface area contributed by atoms with Crippen molar-refractivity contribution in [1.29, 1.82) is 0 Å². The molecule has 0 atom stereocenters. The van der Waals surface area contributed by atoms with Crippen LogP contribution in [0.15, 0.2) is 102 Å². The number of rotatable bonds is 8. The third kappa shape index (κ3) is 5.74. The molecule has 0 aliphatic rings. The van der Waals surface area contributed by atoms with Gasteiger partial charge in [0.05, 0.1) is 31.0 Å². The molecule has 0 spiro atoms. The number of nitrogens with two attached hydrogens (primary N) is 2. The van der Waals surface area contributed by atoms with Crippen molar-refractivity contribution in [2.75, 3.05) is 12.3 Å². The minimum Gasteiger partial charge on any atom is -0.476 e. The van der Waals surface area contributed by atoms with Gasteiger partial charge < -0.3 is 20.6 Å². The minimum absolute atomic E-state index is 0. The highest BCUT2D eigenvalue weighted by atomic mass is 35.5. The third-order valence-corrected chi connectivity index (χ3v) is 5.85. The van der Waals surface area contributed by atoms with Crippen molar-refractivity contribution in [3.05, 3.63) is 109 Å². The lowest BCUT2D eigenvalue weighted by Gasteiger charge is -2.12. The molecule has 2 heterocycles. The summed E-state index contributed by atoms with van der Waals surface area (Å²) >= 11 is 0. The van der Waals surface area contributed by atoms with E-state index >= 15 is 0 Å². The Labute approximate surface area is 216 Å². The van der Waals surface area contributed by atoms with Crippen LogP contribution in [-0.2, 0) is 13.0 Å². The molecule has 0 bridgehead atoms. The van der Waals surface area contributed by atoms with Crippen LogP contribution in [0.3, 0.4) is 0 Å². The first-order valence-electron chi connectivity index (χ1n) is 11.5. The number of hydrogen-bond donors (Lipinski definition) is 2. The zero-order valence-corrected chi connectivity index (χ0v) is 20.4. The molecule has 36 heavy (non-hydrogen) atoms. The van der Waals surface area contributed by atoms with Gasteiger partial charge in [-0.1, -0.05) is 60.7 Å². The lowest BCUT2D eigenvalue weighted by Crippen LogP contribution is -2.05. The summed E-state index contributed by atoms with van der Waals surface area (Å²) in [4.78, 5) is 9.59. The summed E-state index contributed by atoms with van der Waals surface area (Å²) in [5.41, 5.74) is 20.1. The lowest BCUT2D eigenvalue weighted by molar-refractivity contribution is 0.308. The first-order chi connectivity index (χ1) is 17.2. The molecule has 0 saturated heterocycles. The fourth-order valence-electron chi connectivity index (χ4n) is 3.86. The Balaban J connectivity index is 0.00000304. The predicted octanol–water partition coefficient (Wildman–Crippen LogP) is 6.15. The van der Waals surface area contributed by atoms with Gasteiger partial charge in [-0.05, 0) is 34.9 Å². The van der Waals surface area contributed by atoms with Crippen molar-refractivity contribution in [2.45, 2.75) is 13.0 Å². The molecule has 6 nitrogen and oxygen atoms in total. The average Bonchev–Trinajstić information content (AvgIpc) is 3.45. The molecule has 4 N–H and O–H groups in total. The number of halogens is 1. The molecule has 3 aromatic carbocycles. The largest absolute Gasteiger partial charge is 0.476 e. The first kappa shape index (κ1) is 25.0. The minimum atomic E-state index is 0. The number of nitrogen functional groups attached to an aromatic ring is 1. The fourth-order valence-corrected chi connectivity index (χ4v) is 3.86. The Morgan fingerprint density at radius 1 is 0.722 bits per heavy atom. The van der Waals surface area contributed by atoms with Gasteiger partial charge >= 0.3 is 0 Å². The molecule has 0 radical (unpaired) electrons. The number of nitrogens with zero attached hydrogens (tertiary/aromatic N) is 2. The van der Waals surface area contributed by atoms with Crippen LogP contribution < -0.4 is 16.2 Å². The fraction of sp³-hybridized carbons (Fsp3) is 0.103. The average molecular weight is 499 g/mol. The van der Waals surface area contributed by atoms with Crippen LogP contribution in [0.25, 0.3) is 33.6 Å². The van der Waals surface area contributed by atoms with Crippen LogP contribution in [0, 0.1) is 0 Å². The SMILES string of the molecule is Cl.NCc1ccc(-c2ncc(OCCc3ccc(N)cc3)nc2-c2ccc(-c3ccoc3)cc2)cc1. The molecule has 5 aromatic rings. The van der Waals surface area contributed by atoms with E-state index < -0.39 is 0 Å². The van der Waals surface area contributed by atoms with Gasteiger partial charge in [-0.2, -0.15) is 0 Å². The quantitative estimate of drug-likeness (QED) is 0.249. The second-order valence-corrected chi connectivity index (χ2v) is 8.24. The number of anilines is 1. The molecule has 0 aliphatic heterocycles. The van der Waals surface area contributed by atoms with Crippen molar-refractivity contribution in [1.82, 2.24) is 9.97 Å². The van der Waals surface area contributed by atoms with E-state index in [0.717, 1.165) is 56.9 Å². The summed E-state index contributed by atoms with van der Waals surface area (Å²) in [6, 6.07) is 26.0. The Morgan fingerprint density at radius 2 is 1.36 bits per heavy atom. The number of aromatic nitrogens is 2. The van der Waals surface area contributed by atoms with E-state index in [0.29, 0.717) is 19.0 Å². The normalized spacial score (nSPS) is 10.6. The van der Waals surface area contributed by atoms with Crippen LogP contribution in [-0.4, -0.2) is 16.6 Å². The molecule has 7 heteroatoms. The highest BCUT2D eigenvalue weighted by Crippen LogP contribution is 2.32. The summed E-state index contributed by atoms with van der Waals surface area (Å²) < 4.78 is 11.2. The number of benzene rings is 3. The van der Waals surface area contributed by atoms with Crippen LogP contribution in [0.4, 0.5) is 5.69 Å². The summed E-state index contributed by atoms with van der Waals surface area (Å²) in [7, 11) is 0.